The number of hydrogen-bond donors (Lipinski definition) is 1. The summed E-state index contributed by atoms with van der Waals surface area (Å²) < 4.78 is 30.9. The van der Waals surface area contributed by atoms with Gasteiger partial charge < -0.3 is 10.1 Å². The third kappa shape index (κ3) is 4.68. The summed E-state index contributed by atoms with van der Waals surface area (Å²) in [5, 5.41) is 3.11. The molecule has 2 rings (SSSR count). The first-order valence-corrected chi connectivity index (χ1v) is 10.1. The Labute approximate surface area is 158 Å². The van der Waals surface area contributed by atoms with Gasteiger partial charge in [-0.3, -0.25) is 9.10 Å². The minimum absolute atomic E-state index is 0.318. The fourth-order valence-corrected chi connectivity index (χ4v) is 3.93. The van der Waals surface area contributed by atoms with E-state index in [0.717, 1.165) is 16.1 Å². The molecule has 1 atom stereocenters. The molecule has 6 nitrogen and oxygen atoms in total. The highest BCUT2D eigenvalue weighted by Crippen LogP contribution is 2.27. The SMILES string of the molecule is COc1ccc(C)cc1NC(=O)[C@@H](C)N(c1cccc(Cl)c1)S(C)(=O)=O. The normalized spacial score (nSPS) is 12.3. The van der Waals surface area contributed by atoms with Crippen LogP contribution in [0.25, 0.3) is 0 Å². The van der Waals surface area contributed by atoms with Gasteiger partial charge in [-0.2, -0.15) is 0 Å². The molecule has 140 valence electrons. The second-order valence-electron chi connectivity index (χ2n) is 5.91. The van der Waals surface area contributed by atoms with Gasteiger partial charge in [0.2, 0.25) is 15.9 Å². The van der Waals surface area contributed by atoms with Crippen LogP contribution in [-0.2, 0) is 14.8 Å². The van der Waals surface area contributed by atoms with Crippen LogP contribution in [0, 0.1) is 6.92 Å². The number of nitrogens with zero attached hydrogens (tertiary/aromatic N) is 1. The predicted octanol–water partition coefficient (Wildman–Crippen LogP) is 3.45. The first-order valence-electron chi connectivity index (χ1n) is 7.84. The molecule has 0 heterocycles. The Morgan fingerprint density at radius 1 is 1.23 bits per heavy atom. The zero-order valence-electron chi connectivity index (χ0n) is 15.0. The second kappa shape index (κ2) is 7.97. The van der Waals surface area contributed by atoms with Crippen molar-refractivity contribution in [2.75, 3.05) is 23.0 Å². The number of anilines is 2. The molecule has 2 aromatic carbocycles. The molecule has 0 aliphatic heterocycles. The Balaban J connectivity index is 2.36. The predicted molar refractivity (Wildman–Crippen MR) is 105 cm³/mol. The van der Waals surface area contributed by atoms with Crippen LogP contribution in [0.5, 0.6) is 5.75 Å². The molecule has 0 fully saturated rings. The number of carbonyl (C=O) groups excluding carboxylic acids is 1. The summed E-state index contributed by atoms with van der Waals surface area (Å²) in [5.41, 5.74) is 1.73. The molecule has 1 N–H and O–H groups in total. The third-order valence-corrected chi connectivity index (χ3v) is 5.24. The lowest BCUT2D eigenvalue weighted by molar-refractivity contribution is -0.116. The van der Waals surface area contributed by atoms with Crippen molar-refractivity contribution in [3.05, 3.63) is 53.1 Å². The van der Waals surface area contributed by atoms with E-state index in [1.165, 1.54) is 20.1 Å². The number of hydrogen-bond acceptors (Lipinski definition) is 4. The van der Waals surface area contributed by atoms with Crippen LogP contribution in [0.1, 0.15) is 12.5 Å². The van der Waals surface area contributed by atoms with E-state index >= 15 is 0 Å². The molecule has 0 spiro atoms. The Bertz CT molecular complexity index is 915. The molecule has 0 aromatic heterocycles. The molecule has 0 aliphatic rings. The average molecular weight is 397 g/mol. The maximum Gasteiger partial charge on any atom is 0.248 e. The highest BCUT2D eigenvalue weighted by atomic mass is 35.5. The van der Waals surface area contributed by atoms with Gasteiger partial charge in [-0.15, -0.1) is 0 Å². The monoisotopic (exact) mass is 396 g/mol. The van der Waals surface area contributed by atoms with Crippen molar-refractivity contribution in [1.82, 2.24) is 0 Å². The number of nitrogens with one attached hydrogen (secondary N) is 1. The van der Waals surface area contributed by atoms with Gasteiger partial charge in [-0.05, 0) is 49.7 Å². The maximum atomic E-state index is 12.7. The van der Waals surface area contributed by atoms with Crippen LogP contribution in [0.4, 0.5) is 11.4 Å². The van der Waals surface area contributed by atoms with Gasteiger partial charge >= 0.3 is 0 Å². The Morgan fingerprint density at radius 3 is 2.50 bits per heavy atom. The highest BCUT2D eigenvalue weighted by molar-refractivity contribution is 7.92. The quantitative estimate of drug-likeness (QED) is 0.811. The van der Waals surface area contributed by atoms with E-state index in [1.807, 2.05) is 13.0 Å². The Morgan fingerprint density at radius 2 is 1.92 bits per heavy atom. The van der Waals surface area contributed by atoms with Crippen LogP contribution in [0.2, 0.25) is 5.02 Å². The average Bonchev–Trinajstić information content (AvgIpc) is 2.54. The molecule has 0 aliphatic carbocycles. The van der Waals surface area contributed by atoms with Crippen LogP contribution in [0.15, 0.2) is 42.5 Å². The number of ether oxygens (including phenoxy) is 1. The van der Waals surface area contributed by atoms with E-state index in [1.54, 1.807) is 30.3 Å². The maximum absolute atomic E-state index is 12.7. The zero-order chi connectivity index (χ0) is 19.5. The molecule has 0 radical (unpaired) electrons. The van der Waals surface area contributed by atoms with Gasteiger partial charge in [0.25, 0.3) is 0 Å². The van der Waals surface area contributed by atoms with E-state index in [9.17, 15) is 13.2 Å². The lowest BCUT2D eigenvalue weighted by Crippen LogP contribution is -2.45. The Hall–Kier alpha value is -2.25. The van der Waals surface area contributed by atoms with Crippen LogP contribution in [-0.4, -0.2) is 33.7 Å². The zero-order valence-corrected chi connectivity index (χ0v) is 16.6. The first kappa shape index (κ1) is 20.1. The fraction of sp³-hybridized carbons (Fsp3) is 0.278. The summed E-state index contributed by atoms with van der Waals surface area (Å²) >= 11 is 5.97. The van der Waals surface area contributed by atoms with Gasteiger partial charge in [0.1, 0.15) is 11.8 Å². The topological polar surface area (TPSA) is 75.7 Å². The van der Waals surface area contributed by atoms with E-state index < -0.39 is 22.0 Å². The molecule has 2 aromatic rings. The molecule has 0 saturated heterocycles. The standard InChI is InChI=1S/C18H21ClN2O4S/c1-12-8-9-17(25-3)16(10-12)20-18(22)13(2)21(26(4,23)24)15-7-5-6-14(19)11-15/h5-11,13H,1-4H3,(H,20,22)/t13-/m1/s1. The van der Waals surface area contributed by atoms with Gasteiger partial charge in [0, 0.05) is 5.02 Å². The van der Waals surface area contributed by atoms with Gasteiger partial charge in [0.05, 0.1) is 24.7 Å². The largest absolute Gasteiger partial charge is 0.495 e. The molecular weight excluding hydrogens is 376 g/mol. The smallest absolute Gasteiger partial charge is 0.248 e. The number of amides is 1. The van der Waals surface area contributed by atoms with Crippen LogP contribution in [0.3, 0.4) is 0 Å². The lowest BCUT2D eigenvalue weighted by Gasteiger charge is -2.28. The molecule has 1 amide bonds. The fourth-order valence-electron chi connectivity index (χ4n) is 2.58. The van der Waals surface area contributed by atoms with E-state index in [-0.39, 0.29) is 0 Å². The van der Waals surface area contributed by atoms with Crippen molar-refractivity contribution in [3.63, 3.8) is 0 Å². The van der Waals surface area contributed by atoms with E-state index in [4.69, 9.17) is 16.3 Å². The second-order valence-corrected chi connectivity index (χ2v) is 8.20. The lowest BCUT2D eigenvalue weighted by atomic mass is 10.2. The third-order valence-electron chi connectivity index (χ3n) is 3.76. The summed E-state index contributed by atoms with van der Waals surface area (Å²) in [6.07, 6.45) is 1.05. The Kier molecular flexibility index (Phi) is 6.15. The minimum Gasteiger partial charge on any atom is -0.495 e. The number of methoxy groups -OCH3 is 1. The summed E-state index contributed by atoms with van der Waals surface area (Å²) in [5.74, 6) is 0.00381. The molecule has 8 heteroatoms. The number of aryl methyl sites for hydroxylation is 1. The van der Waals surface area contributed by atoms with Crippen molar-refractivity contribution in [2.24, 2.45) is 0 Å². The van der Waals surface area contributed by atoms with Crippen molar-refractivity contribution in [1.29, 1.82) is 0 Å². The number of sulfonamides is 1. The minimum atomic E-state index is -3.71. The summed E-state index contributed by atoms with van der Waals surface area (Å²) in [7, 11) is -2.21. The van der Waals surface area contributed by atoms with Crippen LogP contribution >= 0.6 is 11.6 Å². The summed E-state index contributed by atoms with van der Waals surface area (Å²) in [6, 6.07) is 10.7. The van der Waals surface area contributed by atoms with Crippen LogP contribution < -0.4 is 14.4 Å². The molecular formula is C18H21ClN2O4S. The molecule has 0 saturated carbocycles. The van der Waals surface area contributed by atoms with Crippen molar-refractivity contribution >= 4 is 38.9 Å². The number of benzene rings is 2. The molecule has 0 bridgehead atoms. The summed E-state index contributed by atoms with van der Waals surface area (Å²) in [6.45, 7) is 3.40. The van der Waals surface area contributed by atoms with Gasteiger partial charge in [-0.25, -0.2) is 8.42 Å². The molecule has 0 unspecified atom stereocenters. The molecule has 26 heavy (non-hydrogen) atoms. The number of rotatable bonds is 6. The number of carbonyl (C=O) groups is 1. The van der Waals surface area contributed by atoms with E-state index in [2.05, 4.69) is 5.32 Å². The van der Waals surface area contributed by atoms with Gasteiger partial charge in [-0.1, -0.05) is 23.7 Å². The first-order chi connectivity index (χ1) is 12.1. The van der Waals surface area contributed by atoms with Crippen molar-refractivity contribution in [2.45, 2.75) is 19.9 Å². The highest BCUT2D eigenvalue weighted by Gasteiger charge is 2.29. The summed E-state index contributed by atoms with van der Waals surface area (Å²) in [4.78, 5) is 12.7. The van der Waals surface area contributed by atoms with Gasteiger partial charge in [0.15, 0.2) is 0 Å². The van der Waals surface area contributed by atoms with E-state index in [0.29, 0.717) is 22.1 Å². The van der Waals surface area contributed by atoms with Crippen molar-refractivity contribution in [3.8, 4) is 5.75 Å². The number of halogens is 1. The van der Waals surface area contributed by atoms with Crippen molar-refractivity contribution < 1.29 is 17.9 Å².